The number of piperazine rings is 1. The van der Waals surface area contributed by atoms with Crippen molar-refractivity contribution in [1.29, 1.82) is 0 Å². The summed E-state index contributed by atoms with van der Waals surface area (Å²) in [6.45, 7) is 2.57. The zero-order valence-corrected chi connectivity index (χ0v) is 13.8. The SMILES string of the molecule is O=S(=O)(NC(c1cccs1)C1CCCC1)N1CCNCC1. The van der Waals surface area contributed by atoms with Crippen LogP contribution in [0, 0.1) is 5.92 Å². The van der Waals surface area contributed by atoms with Crippen LogP contribution < -0.4 is 10.0 Å². The van der Waals surface area contributed by atoms with Gasteiger partial charge in [-0.3, -0.25) is 0 Å². The molecule has 118 valence electrons. The van der Waals surface area contributed by atoms with Crippen molar-refractivity contribution in [1.82, 2.24) is 14.3 Å². The molecule has 1 atom stereocenters. The Labute approximate surface area is 130 Å². The van der Waals surface area contributed by atoms with E-state index in [4.69, 9.17) is 0 Å². The summed E-state index contributed by atoms with van der Waals surface area (Å²) in [5, 5.41) is 5.22. The van der Waals surface area contributed by atoms with Crippen LogP contribution in [0.5, 0.6) is 0 Å². The molecule has 2 fully saturated rings. The zero-order chi connectivity index (χ0) is 14.7. The highest BCUT2D eigenvalue weighted by molar-refractivity contribution is 7.87. The maximum atomic E-state index is 12.6. The molecule has 1 saturated heterocycles. The lowest BCUT2D eigenvalue weighted by Crippen LogP contribution is -2.51. The molecule has 1 saturated carbocycles. The lowest BCUT2D eigenvalue weighted by atomic mass is 9.98. The third-order valence-electron chi connectivity index (χ3n) is 4.41. The van der Waals surface area contributed by atoms with Crippen molar-refractivity contribution >= 4 is 21.5 Å². The maximum Gasteiger partial charge on any atom is 0.280 e. The van der Waals surface area contributed by atoms with E-state index in [2.05, 4.69) is 10.0 Å². The normalized spacial score (nSPS) is 23.4. The minimum absolute atomic E-state index is 0.0626. The van der Waals surface area contributed by atoms with E-state index < -0.39 is 10.2 Å². The van der Waals surface area contributed by atoms with Gasteiger partial charge in [-0.05, 0) is 30.2 Å². The molecule has 1 aliphatic heterocycles. The van der Waals surface area contributed by atoms with Crippen LogP contribution in [0.3, 0.4) is 0 Å². The predicted molar refractivity (Wildman–Crippen MR) is 85.5 cm³/mol. The van der Waals surface area contributed by atoms with Crippen LogP contribution >= 0.6 is 11.3 Å². The standard InChI is InChI=1S/C14H23N3O2S2/c18-21(19,17-9-7-15-8-10-17)16-14(12-4-1-2-5-12)13-6-3-11-20-13/h3,6,11-12,14-16H,1-2,4-5,7-10H2. The number of rotatable bonds is 5. The minimum atomic E-state index is -3.40. The Kier molecular flexibility index (Phi) is 4.96. The first-order valence-electron chi connectivity index (χ1n) is 7.68. The summed E-state index contributed by atoms with van der Waals surface area (Å²) in [6.07, 6.45) is 4.66. The number of nitrogens with zero attached hydrogens (tertiary/aromatic N) is 1. The van der Waals surface area contributed by atoms with E-state index in [9.17, 15) is 8.42 Å². The summed E-state index contributed by atoms with van der Waals surface area (Å²) in [5.41, 5.74) is 0. The van der Waals surface area contributed by atoms with Crippen LogP contribution in [0.2, 0.25) is 0 Å². The molecule has 21 heavy (non-hydrogen) atoms. The third kappa shape index (κ3) is 3.65. The highest BCUT2D eigenvalue weighted by atomic mass is 32.2. The van der Waals surface area contributed by atoms with Gasteiger partial charge in [-0.2, -0.15) is 17.4 Å². The van der Waals surface area contributed by atoms with Gasteiger partial charge in [-0.25, -0.2) is 0 Å². The van der Waals surface area contributed by atoms with Gasteiger partial charge in [-0.1, -0.05) is 18.9 Å². The second-order valence-corrected chi connectivity index (χ2v) is 8.49. The summed E-state index contributed by atoms with van der Waals surface area (Å²) in [4.78, 5) is 1.14. The van der Waals surface area contributed by atoms with Crippen LogP contribution in [-0.4, -0.2) is 38.9 Å². The van der Waals surface area contributed by atoms with Crippen molar-refractivity contribution < 1.29 is 8.42 Å². The molecular formula is C14H23N3O2S2. The van der Waals surface area contributed by atoms with Gasteiger partial charge in [0, 0.05) is 31.1 Å². The lowest BCUT2D eigenvalue weighted by Gasteiger charge is -2.30. The van der Waals surface area contributed by atoms with Crippen molar-refractivity contribution in [3.63, 3.8) is 0 Å². The van der Waals surface area contributed by atoms with Gasteiger partial charge < -0.3 is 5.32 Å². The van der Waals surface area contributed by atoms with E-state index in [0.29, 0.717) is 19.0 Å². The fraction of sp³-hybridized carbons (Fsp3) is 0.714. The fourth-order valence-electron chi connectivity index (χ4n) is 3.27. The van der Waals surface area contributed by atoms with Gasteiger partial charge in [0.05, 0.1) is 6.04 Å². The Balaban J connectivity index is 1.77. The van der Waals surface area contributed by atoms with E-state index in [-0.39, 0.29) is 6.04 Å². The molecule has 0 bridgehead atoms. The highest BCUT2D eigenvalue weighted by Gasteiger charge is 2.33. The quantitative estimate of drug-likeness (QED) is 0.865. The molecule has 0 spiro atoms. The average molecular weight is 329 g/mol. The molecular weight excluding hydrogens is 306 g/mol. The second kappa shape index (κ2) is 6.75. The lowest BCUT2D eigenvalue weighted by molar-refractivity contribution is 0.339. The molecule has 5 nitrogen and oxygen atoms in total. The summed E-state index contributed by atoms with van der Waals surface area (Å²) >= 11 is 1.65. The molecule has 0 radical (unpaired) electrons. The van der Waals surface area contributed by atoms with Crippen molar-refractivity contribution in [3.8, 4) is 0 Å². The number of thiophene rings is 1. The predicted octanol–water partition coefficient (Wildman–Crippen LogP) is 1.72. The van der Waals surface area contributed by atoms with Crippen LogP contribution in [0.15, 0.2) is 17.5 Å². The van der Waals surface area contributed by atoms with Crippen LogP contribution in [0.1, 0.15) is 36.6 Å². The number of hydrogen-bond acceptors (Lipinski definition) is 4. The van der Waals surface area contributed by atoms with Gasteiger partial charge in [0.1, 0.15) is 0 Å². The third-order valence-corrected chi connectivity index (χ3v) is 6.96. The van der Waals surface area contributed by atoms with E-state index >= 15 is 0 Å². The van der Waals surface area contributed by atoms with E-state index in [0.717, 1.165) is 30.8 Å². The smallest absolute Gasteiger partial charge is 0.280 e. The summed E-state index contributed by atoms with van der Waals surface area (Å²) < 4.78 is 29.8. The molecule has 2 N–H and O–H groups in total. The molecule has 2 aliphatic rings. The summed E-state index contributed by atoms with van der Waals surface area (Å²) in [6, 6.07) is 3.99. The van der Waals surface area contributed by atoms with Crippen molar-refractivity contribution in [2.45, 2.75) is 31.7 Å². The van der Waals surface area contributed by atoms with E-state index in [1.54, 1.807) is 15.6 Å². The molecule has 1 aromatic heterocycles. The molecule has 0 amide bonds. The maximum absolute atomic E-state index is 12.6. The molecule has 7 heteroatoms. The van der Waals surface area contributed by atoms with Crippen molar-refractivity contribution in [2.75, 3.05) is 26.2 Å². The number of nitrogens with one attached hydrogen (secondary N) is 2. The molecule has 2 heterocycles. The van der Waals surface area contributed by atoms with E-state index in [1.165, 1.54) is 12.8 Å². The molecule has 1 aliphatic carbocycles. The average Bonchev–Trinajstić information content (AvgIpc) is 3.19. The molecule has 3 rings (SSSR count). The molecule has 1 unspecified atom stereocenters. The van der Waals surface area contributed by atoms with Gasteiger partial charge in [0.15, 0.2) is 0 Å². The second-order valence-electron chi connectivity index (χ2n) is 5.81. The summed E-state index contributed by atoms with van der Waals surface area (Å²) in [7, 11) is -3.40. The van der Waals surface area contributed by atoms with Gasteiger partial charge in [-0.15, -0.1) is 11.3 Å². The highest BCUT2D eigenvalue weighted by Crippen LogP contribution is 2.37. The molecule has 1 aromatic rings. The van der Waals surface area contributed by atoms with Gasteiger partial charge in [0.25, 0.3) is 10.2 Å². The number of hydrogen-bond donors (Lipinski definition) is 2. The zero-order valence-electron chi connectivity index (χ0n) is 12.1. The van der Waals surface area contributed by atoms with Crippen LogP contribution in [0.4, 0.5) is 0 Å². The van der Waals surface area contributed by atoms with Gasteiger partial charge >= 0.3 is 0 Å². The first kappa shape index (κ1) is 15.4. The van der Waals surface area contributed by atoms with Crippen LogP contribution in [0.25, 0.3) is 0 Å². The Morgan fingerprint density at radius 2 is 2.00 bits per heavy atom. The Morgan fingerprint density at radius 3 is 2.62 bits per heavy atom. The first-order valence-corrected chi connectivity index (χ1v) is 10.0. The van der Waals surface area contributed by atoms with Crippen LogP contribution in [-0.2, 0) is 10.2 Å². The van der Waals surface area contributed by atoms with E-state index in [1.807, 2.05) is 17.5 Å². The topological polar surface area (TPSA) is 61.4 Å². The van der Waals surface area contributed by atoms with Crippen molar-refractivity contribution in [2.24, 2.45) is 5.92 Å². The fourth-order valence-corrected chi connectivity index (χ4v) is 5.66. The van der Waals surface area contributed by atoms with Crippen molar-refractivity contribution in [3.05, 3.63) is 22.4 Å². The Bertz CT molecular complexity index is 533. The minimum Gasteiger partial charge on any atom is -0.314 e. The Morgan fingerprint density at radius 1 is 1.29 bits per heavy atom. The molecule has 0 aromatic carbocycles. The van der Waals surface area contributed by atoms with Gasteiger partial charge in [0.2, 0.25) is 0 Å². The largest absolute Gasteiger partial charge is 0.314 e. The first-order chi connectivity index (χ1) is 10.2. The Hall–Kier alpha value is -0.470. The monoisotopic (exact) mass is 329 g/mol. The summed E-state index contributed by atoms with van der Waals surface area (Å²) in [5.74, 6) is 0.432.